The molecule has 1 heterocycles. The monoisotopic (exact) mass is 442 g/mol. The molecule has 0 amide bonds. The number of hydrogen-bond acceptors (Lipinski definition) is 3. The number of hydrogen-bond donors (Lipinski definition) is 2. The molecule has 4 nitrogen and oxygen atoms in total. The zero-order chi connectivity index (χ0) is 22.7. The molecule has 0 spiro atoms. The van der Waals surface area contributed by atoms with E-state index in [9.17, 15) is 4.79 Å². The molecule has 2 N–H and O–H groups in total. The van der Waals surface area contributed by atoms with E-state index in [-0.39, 0.29) is 11.8 Å². The summed E-state index contributed by atoms with van der Waals surface area (Å²) in [6.07, 6.45) is 0. The predicted octanol–water partition coefficient (Wildman–Crippen LogP) is 5.56. The van der Waals surface area contributed by atoms with Crippen LogP contribution in [0.2, 0.25) is 0 Å². The molecular formula is C27H26N2O2S. The van der Waals surface area contributed by atoms with E-state index in [1.165, 1.54) is 16.7 Å². The maximum Gasteiger partial charge on any atom is 0.193 e. The van der Waals surface area contributed by atoms with Crippen molar-refractivity contribution in [3.05, 3.63) is 112 Å². The lowest BCUT2D eigenvalue weighted by atomic mass is 9.90. The van der Waals surface area contributed by atoms with Gasteiger partial charge in [0.15, 0.2) is 10.9 Å². The van der Waals surface area contributed by atoms with Crippen molar-refractivity contribution in [3.8, 4) is 5.75 Å². The van der Waals surface area contributed by atoms with E-state index in [1.807, 2.05) is 61.5 Å². The zero-order valence-corrected chi connectivity index (χ0v) is 19.3. The molecule has 3 aromatic carbocycles. The second-order valence-corrected chi connectivity index (χ2v) is 8.46. The summed E-state index contributed by atoms with van der Waals surface area (Å²) in [5.74, 6) is 0.758. The van der Waals surface area contributed by atoms with E-state index in [1.54, 1.807) is 0 Å². The standard InChI is InChI=1S/C27H26N2O2S/c1-17-9-10-18(2)22(15-17)16-31-23-13-11-20(12-14-23)25-24(19(3)28-27(32)29-25)26(30)21-7-5-4-6-8-21/h4-15,25H,16H2,1-3H3,(H2,28,29,32). The first-order valence-electron chi connectivity index (χ1n) is 10.6. The molecule has 1 aliphatic heterocycles. The fourth-order valence-corrected chi connectivity index (χ4v) is 4.13. The van der Waals surface area contributed by atoms with Crippen LogP contribution in [0.1, 0.15) is 45.6 Å². The highest BCUT2D eigenvalue weighted by Crippen LogP contribution is 2.30. The minimum absolute atomic E-state index is 0.0224. The van der Waals surface area contributed by atoms with Gasteiger partial charge in [-0.1, -0.05) is 66.2 Å². The fraction of sp³-hybridized carbons (Fsp3) is 0.185. The number of thiocarbonyl (C=S) groups is 1. The van der Waals surface area contributed by atoms with Crippen molar-refractivity contribution < 1.29 is 9.53 Å². The topological polar surface area (TPSA) is 50.4 Å². The molecule has 32 heavy (non-hydrogen) atoms. The highest BCUT2D eigenvalue weighted by Gasteiger charge is 2.30. The van der Waals surface area contributed by atoms with E-state index in [2.05, 4.69) is 42.7 Å². The third-order valence-electron chi connectivity index (χ3n) is 5.66. The molecule has 0 saturated carbocycles. The Hall–Kier alpha value is -3.44. The van der Waals surface area contributed by atoms with Crippen molar-refractivity contribution >= 4 is 23.1 Å². The molecule has 1 aliphatic rings. The average molecular weight is 443 g/mol. The summed E-state index contributed by atoms with van der Waals surface area (Å²) in [5.41, 5.74) is 6.63. The van der Waals surface area contributed by atoms with Crippen LogP contribution in [0.4, 0.5) is 0 Å². The van der Waals surface area contributed by atoms with Crippen molar-refractivity contribution in [1.82, 2.24) is 10.6 Å². The number of benzene rings is 3. The summed E-state index contributed by atoms with van der Waals surface area (Å²) in [4.78, 5) is 13.3. The quantitative estimate of drug-likeness (QED) is 0.387. The van der Waals surface area contributed by atoms with Gasteiger partial charge in [0.1, 0.15) is 12.4 Å². The molecule has 162 valence electrons. The van der Waals surface area contributed by atoms with E-state index in [4.69, 9.17) is 17.0 Å². The van der Waals surface area contributed by atoms with Crippen molar-refractivity contribution in [3.63, 3.8) is 0 Å². The Morgan fingerprint density at radius 3 is 2.41 bits per heavy atom. The molecule has 1 unspecified atom stereocenters. The molecule has 0 aromatic heterocycles. The van der Waals surface area contributed by atoms with Crippen molar-refractivity contribution in [2.45, 2.75) is 33.4 Å². The number of allylic oxidation sites excluding steroid dienone is 1. The Balaban J connectivity index is 1.56. The maximum atomic E-state index is 13.3. The van der Waals surface area contributed by atoms with E-state index in [0.717, 1.165) is 17.0 Å². The number of aryl methyl sites for hydroxylation is 2. The molecule has 0 radical (unpaired) electrons. The summed E-state index contributed by atoms with van der Waals surface area (Å²) in [6, 6.07) is 23.2. The number of ether oxygens (including phenoxy) is 1. The first-order chi connectivity index (χ1) is 15.4. The minimum atomic E-state index is -0.329. The molecule has 5 heteroatoms. The number of Topliss-reactive ketones (excluding diaryl/α,β-unsaturated/α-hetero) is 1. The molecule has 0 bridgehead atoms. The third kappa shape index (κ3) is 4.73. The number of ketones is 1. The Morgan fingerprint density at radius 1 is 0.969 bits per heavy atom. The van der Waals surface area contributed by atoms with Gasteiger partial charge in [-0.25, -0.2) is 0 Å². The van der Waals surface area contributed by atoms with Crippen molar-refractivity contribution in [2.24, 2.45) is 0 Å². The molecule has 4 rings (SSSR count). The second kappa shape index (κ2) is 9.37. The minimum Gasteiger partial charge on any atom is -0.489 e. The Morgan fingerprint density at radius 2 is 1.69 bits per heavy atom. The normalized spacial score (nSPS) is 15.7. The van der Waals surface area contributed by atoms with E-state index < -0.39 is 0 Å². The number of nitrogens with one attached hydrogen (secondary N) is 2. The van der Waals surface area contributed by atoms with Crippen LogP contribution < -0.4 is 15.4 Å². The molecule has 3 aromatic rings. The van der Waals surface area contributed by atoms with E-state index in [0.29, 0.717) is 22.9 Å². The van der Waals surface area contributed by atoms with Gasteiger partial charge in [0.2, 0.25) is 0 Å². The zero-order valence-electron chi connectivity index (χ0n) is 18.4. The number of carbonyl (C=O) groups is 1. The molecule has 1 atom stereocenters. The lowest BCUT2D eigenvalue weighted by Crippen LogP contribution is -2.44. The van der Waals surface area contributed by atoms with Crippen LogP contribution in [0, 0.1) is 13.8 Å². The Labute approximate surface area is 194 Å². The predicted molar refractivity (Wildman–Crippen MR) is 132 cm³/mol. The van der Waals surface area contributed by atoms with Crippen LogP contribution in [0.5, 0.6) is 5.75 Å². The first kappa shape index (κ1) is 21.8. The van der Waals surface area contributed by atoms with Crippen LogP contribution in [0.15, 0.2) is 84.1 Å². The summed E-state index contributed by atoms with van der Waals surface area (Å²) in [6.45, 7) is 6.57. The van der Waals surface area contributed by atoms with Gasteiger partial charge in [-0.2, -0.15) is 0 Å². The highest BCUT2D eigenvalue weighted by molar-refractivity contribution is 7.80. The summed E-state index contributed by atoms with van der Waals surface area (Å²) in [7, 11) is 0. The van der Waals surface area contributed by atoms with Gasteiger partial charge in [-0.05, 0) is 61.8 Å². The average Bonchev–Trinajstić information content (AvgIpc) is 2.80. The van der Waals surface area contributed by atoms with Crippen LogP contribution in [-0.2, 0) is 6.61 Å². The van der Waals surface area contributed by atoms with Gasteiger partial charge in [0, 0.05) is 16.8 Å². The second-order valence-electron chi connectivity index (χ2n) is 8.05. The lowest BCUT2D eigenvalue weighted by Gasteiger charge is -2.30. The van der Waals surface area contributed by atoms with Crippen molar-refractivity contribution in [2.75, 3.05) is 0 Å². The maximum absolute atomic E-state index is 13.3. The summed E-state index contributed by atoms with van der Waals surface area (Å²) in [5, 5.41) is 6.86. The first-order valence-corrected chi connectivity index (χ1v) is 11.0. The van der Waals surface area contributed by atoms with Gasteiger partial charge in [0.05, 0.1) is 6.04 Å². The molecule has 0 fully saturated rings. The lowest BCUT2D eigenvalue weighted by molar-refractivity contribution is 0.102. The van der Waals surface area contributed by atoms with Gasteiger partial charge < -0.3 is 15.4 Å². The smallest absolute Gasteiger partial charge is 0.193 e. The van der Waals surface area contributed by atoms with Crippen LogP contribution in [0.3, 0.4) is 0 Å². The largest absolute Gasteiger partial charge is 0.489 e. The highest BCUT2D eigenvalue weighted by atomic mass is 32.1. The Bertz CT molecular complexity index is 1180. The summed E-state index contributed by atoms with van der Waals surface area (Å²) < 4.78 is 6.02. The van der Waals surface area contributed by atoms with Crippen LogP contribution in [-0.4, -0.2) is 10.9 Å². The molecule has 0 aliphatic carbocycles. The number of rotatable bonds is 6. The van der Waals surface area contributed by atoms with Gasteiger partial charge in [-0.3, -0.25) is 4.79 Å². The van der Waals surface area contributed by atoms with Gasteiger partial charge >= 0.3 is 0 Å². The fourth-order valence-electron chi connectivity index (χ4n) is 3.86. The third-order valence-corrected chi connectivity index (χ3v) is 5.88. The van der Waals surface area contributed by atoms with Gasteiger partial charge in [-0.15, -0.1) is 0 Å². The summed E-state index contributed by atoms with van der Waals surface area (Å²) >= 11 is 5.37. The van der Waals surface area contributed by atoms with Crippen molar-refractivity contribution in [1.29, 1.82) is 0 Å². The molecular weight excluding hydrogens is 416 g/mol. The number of carbonyl (C=O) groups excluding carboxylic acids is 1. The van der Waals surface area contributed by atoms with Gasteiger partial charge in [0.25, 0.3) is 0 Å². The SMILES string of the molecule is CC1=C(C(=O)c2ccccc2)C(c2ccc(OCc3cc(C)ccc3C)cc2)NC(=S)N1. The van der Waals surface area contributed by atoms with E-state index >= 15 is 0 Å². The van der Waals surface area contributed by atoms with Crippen LogP contribution >= 0.6 is 12.2 Å². The Kier molecular flexibility index (Phi) is 6.37. The molecule has 0 saturated heterocycles. The van der Waals surface area contributed by atoms with Crippen LogP contribution in [0.25, 0.3) is 0 Å².